The minimum absolute atomic E-state index is 0.224. The van der Waals surface area contributed by atoms with Crippen LogP contribution in [0.3, 0.4) is 0 Å². The van der Waals surface area contributed by atoms with Crippen LogP contribution in [0.1, 0.15) is 12.8 Å². The molecule has 2 rings (SSSR count). The van der Waals surface area contributed by atoms with E-state index in [1.165, 1.54) is 6.33 Å². The highest BCUT2D eigenvalue weighted by Crippen LogP contribution is 2.28. The number of nitrogens with zero attached hydrogens (tertiary/aromatic N) is 3. The molecular weight excluding hydrogens is 272 g/mol. The Kier molecular flexibility index (Phi) is 3.60. The largest absolute Gasteiger partial charge is 0.473 e. The van der Waals surface area contributed by atoms with Gasteiger partial charge in [-0.25, -0.2) is 9.97 Å². The van der Waals surface area contributed by atoms with Crippen LogP contribution in [-0.2, 0) is 0 Å². The molecule has 0 saturated carbocycles. The van der Waals surface area contributed by atoms with Crippen LogP contribution < -0.4 is 10.5 Å². The summed E-state index contributed by atoms with van der Waals surface area (Å²) in [5.74, 6) is 0.958. The molecule has 88 valence electrons. The maximum atomic E-state index is 5.81. The van der Waals surface area contributed by atoms with Crippen molar-refractivity contribution in [3.05, 3.63) is 10.8 Å². The molecule has 1 fully saturated rings. The first kappa shape index (κ1) is 11.6. The number of hydrogen-bond donors (Lipinski definition) is 1. The molecular formula is C10H15BrN4O. The standard InChI is InChI=1S/C10H15BrN4O/c1-15-4-2-7(3-5-15)16-10-8(11)9(12)13-6-14-10/h6-7H,2-5H2,1H3,(H2,12,13,14). The lowest BCUT2D eigenvalue weighted by Gasteiger charge is -2.29. The van der Waals surface area contributed by atoms with Gasteiger partial charge in [-0.3, -0.25) is 0 Å². The summed E-state index contributed by atoms with van der Waals surface area (Å²) in [5, 5.41) is 0. The van der Waals surface area contributed by atoms with E-state index in [-0.39, 0.29) is 6.10 Å². The summed E-state index contributed by atoms with van der Waals surface area (Å²) in [5.41, 5.74) is 5.66. The Morgan fingerprint density at radius 3 is 2.81 bits per heavy atom. The van der Waals surface area contributed by atoms with Crippen LogP contribution in [0, 0.1) is 0 Å². The summed E-state index contributed by atoms with van der Waals surface area (Å²) in [7, 11) is 2.12. The van der Waals surface area contributed by atoms with Crippen LogP contribution in [0.25, 0.3) is 0 Å². The Labute approximate surface area is 103 Å². The molecule has 0 unspecified atom stereocenters. The number of piperidine rings is 1. The summed E-state index contributed by atoms with van der Waals surface area (Å²) in [6.45, 7) is 2.12. The molecule has 1 aliphatic heterocycles. The van der Waals surface area contributed by atoms with Gasteiger partial charge in [0, 0.05) is 13.1 Å². The predicted molar refractivity (Wildman–Crippen MR) is 65.3 cm³/mol. The molecule has 2 N–H and O–H groups in total. The van der Waals surface area contributed by atoms with E-state index in [0.29, 0.717) is 16.2 Å². The van der Waals surface area contributed by atoms with Crippen molar-refractivity contribution < 1.29 is 4.74 Å². The van der Waals surface area contributed by atoms with Crippen LogP contribution in [0.4, 0.5) is 5.82 Å². The molecule has 0 radical (unpaired) electrons. The van der Waals surface area contributed by atoms with Crippen molar-refractivity contribution in [3.8, 4) is 5.88 Å². The van der Waals surface area contributed by atoms with E-state index in [4.69, 9.17) is 10.5 Å². The summed E-state index contributed by atoms with van der Waals surface area (Å²) in [6.07, 6.45) is 3.69. The zero-order valence-corrected chi connectivity index (χ0v) is 10.8. The van der Waals surface area contributed by atoms with Crippen molar-refractivity contribution in [1.82, 2.24) is 14.9 Å². The second kappa shape index (κ2) is 4.97. The van der Waals surface area contributed by atoms with Gasteiger partial charge in [0.25, 0.3) is 0 Å². The highest BCUT2D eigenvalue weighted by atomic mass is 79.9. The van der Waals surface area contributed by atoms with Gasteiger partial charge >= 0.3 is 0 Å². The molecule has 1 aliphatic rings. The number of ether oxygens (including phenoxy) is 1. The molecule has 5 nitrogen and oxygen atoms in total. The van der Waals surface area contributed by atoms with Gasteiger partial charge in [0.15, 0.2) is 0 Å². The fourth-order valence-corrected chi connectivity index (χ4v) is 2.01. The van der Waals surface area contributed by atoms with E-state index < -0.39 is 0 Å². The third-order valence-corrected chi connectivity index (χ3v) is 3.47. The molecule has 0 aromatic carbocycles. The van der Waals surface area contributed by atoms with Gasteiger partial charge in [0.05, 0.1) is 0 Å². The zero-order chi connectivity index (χ0) is 11.5. The number of anilines is 1. The molecule has 0 atom stereocenters. The Balaban J connectivity index is 2.01. The fraction of sp³-hybridized carbons (Fsp3) is 0.600. The Morgan fingerprint density at radius 2 is 2.12 bits per heavy atom. The van der Waals surface area contributed by atoms with Gasteiger partial charge in [0.1, 0.15) is 22.7 Å². The van der Waals surface area contributed by atoms with E-state index in [0.717, 1.165) is 25.9 Å². The molecule has 1 aromatic rings. The van der Waals surface area contributed by atoms with Crippen molar-refractivity contribution >= 4 is 21.7 Å². The topological polar surface area (TPSA) is 64.3 Å². The van der Waals surface area contributed by atoms with Crippen molar-refractivity contribution in [1.29, 1.82) is 0 Å². The van der Waals surface area contributed by atoms with Gasteiger partial charge < -0.3 is 15.4 Å². The van der Waals surface area contributed by atoms with Crippen LogP contribution in [0.5, 0.6) is 5.88 Å². The zero-order valence-electron chi connectivity index (χ0n) is 9.19. The average Bonchev–Trinajstić information content (AvgIpc) is 2.28. The third kappa shape index (κ3) is 2.62. The molecule has 2 heterocycles. The average molecular weight is 287 g/mol. The monoisotopic (exact) mass is 286 g/mol. The normalized spacial score (nSPS) is 18.6. The molecule has 0 spiro atoms. The number of nitrogen functional groups attached to an aromatic ring is 1. The lowest BCUT2D eigenvalue weighted by Crippen LogP contribution is -2.35. The number of aromatic nitrogens is 2. The Bertz CT molecular complexity index is 366. The van der Waals surface area contributed by atoms with Crippen LogP contribution in [0.2, 0.25) is 0 Å². The maximum absolute atomic E-state index is 5.81. The molecule has 16 heavy (non-hydrogen) atoms. The van der Waals surface area contributed by atoms with Crippen LogP contribution in [-0.4, -0.2) is 41.1 Å². The lowest BCUT2D eigenvalue weighted by atomic mass is 10.1. The third-order valence-electron chi connectivity index (χ3n) is 2.73. The summed E-state index contributed by atoms with van der Waals surface area (Å²) in [6, 6.07) is 0. The van der Waals surface area contributed by atoms with E-state index in [1.807, 2.05) is 0 Å². The van der Waals surface area contributed by atoms with E-state index >= 15 is 0 Å². The Hall–Kier alpha value is -0.880. The molecule has 0 amide bonds. The molecule has 0 aliphatic carbocycles. The van der Waals surface area contributed by atoms with Crippen molar-refractivity contribution in [3.63, 3.8) is 0 Å². The SMILES string of the molecule is CN1CCC(Oc2ncnc(N)c2Br)CC1. The minimum Gasteiger partial charge on any atom is -0.473 e. The van der Waals surface area contributed by atoms with E-state index in [1.54, 1.807) is 0 Å². The number of halogens is 1. The second-order valence-electron chi connectivity index (χ2n) is 4.00. The van der Waals surface area contributed by atoms with Crippen LogP contribution in [0.15, 0.2) is 10.8 Å². The van der Waals surface area contributed by atoms with Crippen molar-refractivity contribution in [2.75, 3.05) is 25.9 Å². The quantitative estimate of drug-likeness (QED) is 0.888. The molecule has 0 bridgehead atoms. The van der Waals surface area contributed by atoms with E-state index in [9.17, 15) is 0 Å². The van der Waals surface area contributed by atoms with Gasteiger partial charge in [-0.2, -0.15) is 0 Å². The lowest BCUT2D eigenvalue weighted by molar-refractivity contribution is 0.109. The molecule has 1 aromatic heterocycles. The van der Waals surface area contributed by atoms with Gasteiger partial charge in [-0.1, -0.05) is 0 Å². The number of likely N-dealkylation sites (tertiary alicyclic amines) is 1. The van der Waals surface area contributed by atoms with Gasteiger partial charge in [0.2, 0.25) is 5.88 Å². The van der Waals surface area contributed by atoms with E-state index in [2.05, 4.69) is 37.8 Å². The molecule has 6 heteroatoms. The first-order chi connectivity index (χ1) is 7.66. The van der Waals surface area contributed by atoms with Gasteiger partial charge in [-0.15, -0.1) is 0 Å². The number of hydrogen-bond acceptors (Lipinski definition) is 5. The summed E-state index contributed by atoms with van der Waals surface area (Å²) >= 11 is 3.33. The van der Waals surface area contributed by atoms with Crippen LogP contribution >= 0.6 is 15.9 Å². The second-order valence-corrected chi connectivity index (χ2v) is 4.79. The fourth-order valence-electron chi connectivity index (χ4n) is 1.71. The summed E-state index contributed by atoms with van der Waals surface area (Å²) < 4.78 is 6.46. The predicted octanol–water partition coefficient (Wildman–Crippen LogP) is 1.29. The molecule has 1 saturated heterocycles. The minimum atomic E-state index is 0.224. The highest BCUT2D eigenvalue weighted by Gasteiger charge is 2.20. The first-order valence-electron chi connectivity index (χ1n) is 5.28. The first-order valence-corrected chi connectivity index (χ1v) is 6.07. The Morgan fingerprint density at radius 1 is 1.44 bits per heavy atom. The van der Waals surface area contributed by atoms with Gasteiger partial charge in [-0.05, 0) is 35.8 Å². The highest BCUT2D eigenvalue weighted by molar-refractivity contribution is 9.10. The van der Waals surface area contributed by atoms with Crippen molar-refractivity contribution in [2.24, 2.45) is 0 Å². The van der Waals surface area contributed by atoms with Crippen molar-refractivity contribution in [2.45, 2.75) is 18.9 Å². The smallest absolute Gasteiger partial charge is 0.233 e. The number of nitrogens with two attached hydrogens (primary N) is 1. The number of rotatable bonds is 2. The maximum Gasteiger partial charge on any atom is 0.233 e. The summed E-state index contributed by atoms with van der Waals surface area (Å²) in [4.78, 5) is 10.2.